The first-order valence-corrected chi connectivity index (χ1v) is 14.4. The van der Waals surface area contributed by atoms with E-state index in [9.17, 15) is 19.5 Å². The van der Waals surface area contributed by atoms with Gasteiger partial charge in [0.05, 0.1) is 18.6 Å². The first kappa shape index (κ1) is 31.0. The molecule has 43 heavy (non-hydrogen) atoms. The van der Waals surface area contributed by atoms with Crippen LogP contribution < -0.4 is 16.0 Å². The van der Waals surface area contributed by atoms with Crippen LogP contribution in [0.15, 0.2) is 121 Å². The van der Waals surface area contributed by atoms with Crippen molar-refractivity contribution < 1.29 is 24.2 Å². The van der Waals surface area contributed by atoms with E-state index in [0.717, 1.165) is 22.3 Å². The van der Waals surface area contributed by atoms with Crippen LogP contribution in [0.5, 0.6) is 0 Å². The van der Waals surface area contributed by atoms with Crippen LogP contribution >= 0.6 is 0 Å². The van der Waals surface area contributed by atoms with E-state index >= 15 is 0 Å². The summed E-state index contributed by atoms with van der Waals surface area (Å²) in [7, 11) is 0. The standard InChI is InChI=1S/C35H37N3O5/c39-24-31(27-16-7-2-8-17-27)38-33(40)30(22-13-23-36-35(42)43-25-26-14-5-1-6-15-26)37-34(41)32(28-18-9-3-10-19-28)29-20-11-4-12-21-29/h1-12,14-21,30-32,39H,13,22-25H2,(H,36,42)(H,37,41)(H,38,40)/t30-,31+/m1/s1. The number of nitrogens with one attached hydrogen (secondary N) is 3. The van der Waals surface area contributed by atoms with Crippen molar-refractivity contribution in [2.75, 3.05) is 13.2 Å². The topological polar surface area (TPSA) is 117 Å². The molecule has 222 valence electrons. The van der Waals surface area contributed by atoms with Crippen molar-refractivity contribution in [2.45, 2.75) is 37.5 Å². The molecule has 0 saturated heterocycles. The maximum atomic E-state index is 13.8. The summed E-state index contributed by atoms with van der Waals surface area (Å²) in [5, 5.41) is 18.6. The van der Waals surface area contributed by atoms with Crippen molar-refractivity contribution in [1.82, 2.24) is 16.0 Å². The molecule has 4 N–H and O–H groups in total. The van der Waals surface area contributed by atoms with E-state index < -0.39 is 30.0 Å². The van der Waals surface area contributed by atoms with Crippen LogP contribution in [0.25, 0.3) is 0 Å². The van der Waals surface area contributed by atoms with Crippen molar-refractivity contribution in [3.63, 3.8) is 0 Å². The summed E-state index contributed by atoms with van der Waals surface area (Å²) >= 11 is 0. The number of alkyl carbamates (subject to hydrolysis) is 1. The molecular formula is C35H37N3O5. The molecule has 0 fully saturated rings. The second-order valence-electron chi connectivity index (χ2n) is 10.1. The zero-order valence-electron chi connectivity index (χ0n) is 23.9. The Morgan fingerprint density at radius 2 is 1.16 bits per heavy atom. The Morgan fingerprint density at radius 1 is 0.651 bits per heavy atom. The molecule has 2 atom stereocenters. The van der Waals surface area contributed by atoms with Gasteiger partial charge in [0.15, 0.2) is 0 Å². The van der Waals surface area contributed by atoms with E-state index in [1.165, 1.54) is 0 Å². The molecular weight excluding hydrogens is 542 g/mol. The second-order valence-corrected chi connectivity index (χ2v) is 10.1. The van der Waals surface area contributed by atoms with Crippen molar-refractivity contribution in [1.29, 1.82) is 0 Å². The third kappa shape index (κ3) is 9.55. The maximum absolute atomic E-state index is 13.8. The summed E-state index contributed by atoms with van der Waals surface area (Å²) in [6.45, 7) is 0.0915. The summed E-state index contributed by atoms with van der Waals surface area (Å²) in [5.74, 6) is -1.39. The molecule has 8 heteroatoms. The van der Waals surface area contributed by atoms with E-state index in [2.05, 4.69) is 16.0 Å². The van der Waals surface area contributed by atoms with Crippen LogP contribution in [-0.2, 0) is 20.9 Å². The number of amides is 3. The normalized spacial score (nSPS) is 12.1. The Hall–Kier alpha value is -4.95. The smallest absolute Gasteiger partial charge is 0.407 e. The molecule has 8 nitrogen and oxygen atoms in total. The Morgan fingerprint density at radius 3 is 1.70 bits per heavy atom. The van der Waals surface area contributed by atoms with Crippen molar-refractivity contribution >= 4 is 17.9 Å². The summed E-state index contributed by atoms with van der Waals surface area (Å²) in [6.07, 6.45) is 0.0845. The van der Waals surface area contributed by atoms with Crippen molar-refractivity contribution in [3.05, 3.63) is 144 Å². The first-order chi connectivity index (χ1) is 21.0. The Labute approximate surface area is 252 Å². The van der Waals surface area contributed by atoms with E-state index in [1.54, 1.807) is 0 Å². The van der Waals surface area contributed by atoms with E-state index in [4.69, 9.17) is 4.74 Å². The SMILES string of the molecule is O=C(NCCC[C@@H](NC(=O)C(c1ccccc1)c1ccccc1)C(=O)N[C@@H](CO)c1ccccc1)OCc1ccccc1. The lowest BCUT2D eigenvalue weighted by atomic mass is 9.90. The fourth-order valence-electron chi connectivity index (χ4n) is 4.77. The van der Waals surface area contributed by atoms with Gasteiger partial charge in [-0.3, -0.25) is 9.59 Å². The molecule has 0 saturated carbocycles. The number of aliphatic hydroxyl groups is 1. The van der Waals surface area contributed by atoms with E-state index in [0.29, 0.717) is 6.42 Å². The number of carbonyl (C=O) groups excluding carboxylic acids is 3. The fourth-order valence-corrected chi connectivity index (χ4v) is 4.77. The molecule has 0 aliphatic carbocycles. The minimum absolute atomic E-state index is 0.149. The molecule has 0 aromatic heterocycles. The van der Waals surface area contributed by atoms with Crippen LogP contribution in [0.2, 0.25) is 0 Å². The van der Waals surface area contributed by atoms with Crippen molar-refractivity contribution in [2.24, 2.45) is 0 Å². The van der Waals surface area contributed by atoms with E-state index in [-0.39, 0.29) is 32.1 Å². The summed E-state index contributed by atoms with van der Waals surface area (Å²) in [4.78, 5) is 39.6. The predicted molar refractivity (Wildman–Crippen MR) is 165 cm³/mol. The first-order valence-electron chi connectivity index (χ1n) is 14.4. The Balaban J connectivity index is 1.44. The lowest BCUT2D eigenvalue weighted by molar-refractivity contribution is -0.130. The molecule has 0 aliphatic rings. The molecule has 4 aromatic rings. The van der Waals surface area contributed by atoms with Crippen LogP contribution in [-0.4, -0.2) is 42.2 Å². The van der Waals surface area contributed by atoms with Crippen molar-refractivity contribution in [3.8, 4) is 0 Å². The molecule has 4 aromatic carbocycles. The van der Waals surface area contributed by atoms with Gasteiger partial charge in [0.25, 0.3) is 0 Å². The van der Waals surface area contributed by atoms with Gasteiger partial charge in [-0.2, -0.15) is 0 Å². The molecule has 0 spiro atoms. The molecule has 0 heterocycles. The zero-order valence-corrected chi connectivity index (χ0v) is 23.9. The average molecular weight is 580 g/mol. The van der Waals surface area contributed by atoms with Gasteiger partial charge in [0.2, 0.25) is 11.8 Å². The van der Waals surface area contributed by atoms with Gasteiger partial charge in [0.1, 0.15) is 12.6 Å². The second kappa shape index (κ2) is 16.5. The monoisotopic (exact) mass is 579 g/mol. The number of rotatable bonds is 14. The number of carbonyl (C=O) groups is 3. The largest absolute Gasteiger partial charge is 0.445 e. The zero-order chi connectivity index (χ0) is 30.3. The van der Waals surface area contributed by atoms with Gasteiger partial charge >= 0.3 is 6.09 Å². The number of hydrogen-bond donors (Lipinski definition) is 4. The predicted octanol–water partition coefficient (Wildman–Crippen LogP) is 4.86. The van der Waals surface area contributed by atoms with Crippen LogP contribution in [0.4, 0.5) is 4.79 Å². The third-order valence-electron chi connectivity index (χ3n) is 7.01. The Bertz CT molecular complexity index is 1380. The highest BCUT2D eigenvalue weighted by molar-refractivity contribution is 5.92. The van der Waals surface area contributed by atoms with Gasteiger partial charge in [-0.1, -0.05) is 121 Å². The lowest BCUT2D eigenvalue weighted by Gasteiger charge is -2.25. The van der Waals surface area contributed by atoms with Gasteiger partial charge in [-0.05, 0) is 35.1 Å². The highest BCUT2D eigenvalue weighted by Crippen LogP contribution is 2.25. The van der Waals surface area contributed by atoms with Gasteiger partial charge < -0.3 is 25.8 Å². The molecule has 0 radical (unpaired) electrons. The molecule has 4 rings (SSSR count). The summed E-state index contributed by atoms with van der Waals surface area (Å²) in [5.41, 5.74) is 3.22. The van der Waals surface area contributed by atoms with Crippen LogP contribution in [0.1, 0.15) is 47.1 Å². The van der Waals surface area contributed by atoms with Gasteiger partial charge in [-0.25, -0.2) is 4.79 Å². The fraction of sp³-hybridized carbons (Fsp3) is 0.229. The lowest BCUT2D eigenvalue weighted by Crippen LogP contribution is -2.49. The number of hydrogen-bond acceptors (Lipinski definition) is 5. The molecule has 0 unspecified atom stereocenters. The highest BCUT2D eigenvalue weighted by Gasteiger charge is 2.29. The average Bonchev–Trinajstić information content (AvgIpc) is 3.06. The van der Waals surface area contributed by atoms with Crippen LogP contribution in [0, 0.1) is 0 Å². The van der Waals surface area contributed by atoms with Gasteiger partial charge in [-0.15, -0.1) is 0 Å². The maximum Gasteiger partial charge on any atom is 0.407 e. The highest BCUT2D eigenvalue weighted by atomic mass is 16.5. The minimum atomic E-state index is -0.915. The molecule has 0 bridgehead atoms. The summed E-state index contributed by atoms with van der Waals surface area (Å²) < 4.78 is 5.27. The minimum Gasteiger partial charge on any atom is -0.445 e. The van der Waals surface area contributed by atoms with Gasteiger partial charge in [0, 0.05) is 6.54 Å². The number of benzene rings is 4. The number of aliphatic hydroxyl groups excluding tert-OH is 1. The van der Waals surface area contributed by atoms with Crippen LogP contribution in [0.3, 0.4) is 0 Å². The molecule has 0 aliphatic heterocycles. The number of ether oxygens (including phenoxy) is 1. The summed E-state index contributed by atoms with van der Waals surface area (Å²) in [6, 6.07) is 35.8. The Kier molecular flexibility index (Phi) is 11.9. The van der Waals surface area contributed by atoms with E-state index in [1.807, 2.05) is 121 Å². The molecule has 3 amide bonds. The quantitative estimate of drug-likeness (QED) is 0.159. The third-order valence-corrected chi connectivity index (χ3v) is 7.01.